The molecule has 0 aliphatic carbocycles. The summed E-state index contributed by atoms with van der Waals surface area (Å²) in [5, 5.41) is 4.13. The Hall–Kier alpha value is -1.68. The highest BCUT2D eigenvalue weighted by molar-refractivity contribution is 7.16. The minimum Gasteiger partial charge on any atom is -0.651 e. The summed E-state index contributed by atoms with van der Waals surface area (Å²) in [7, 11) is 0. The van der Waals surface area contributed by atoms with Gasteiger partial charge in [0.15, 0.2) is 0 Å². The predicted molar refractivity (Wildman–Crippen MR) is 75.9 cm³/mol. The Morgan fingerprint density at radius 3 is 2.70 bits per heavy atom. The number of alkyl halides is 1. The molecule has 4 nitrogen and oxygen atoms in total. The molecule has 0 aliphatic rings. The molecular weight excluding hydrogens is 292 g/mol. The summed E-state index contributed by atoms with van der Waals surface area (Å²) in [4.78, 5) is 5.38. The molecule has 2 radical (unpaired) electrons. The van der Waals surface area contributed by atoms with Crippen LogP contribution in [0.4, 0.5) is 4.39 Å². The molecule has 3 aromatic rings. The molecule has 0 atom stereocenters. The molecule has 3 rings (SSSR count). The first-order chi connectivity index (χ1) is 9.85. The zero-order valence-electron chi connectivity index (χ0n) is 10.4. The third-order valence-electron chi connectivity index (χ3n) is 2.83. The second-order valence-electron chi connectivity index (χ2n) is 3.99. The molecule has 0 spiro atoms. The van der Waals surface area contributed by atoms with Crippen LogP contribution < -0.4 is 3.79 Å². The van der Waals surface area contributed by atoms with E-state index in [4.69, 9.17) is 3.79 Å². The highest BCUT2D eigenvalue weighted by Gasteiger charge is 2.21. The SMILES string of the molecule is FCc1sc(-c2ccccc2)c(-n2cncn2)c1[O][Al]. The maximum Gasteiger partial charge on any atom is 0.482 e. The van der Waals surface area contributed by atoms with E-state index in [1.807, 2.05) is 30.3 Å². The smallest absolute Gasteiger partial charge is 0.482 e. The fourth-order valence-corrected chi connectivity index (χ4v) is 3.39. The van der Waals surface area contributed by atoms with Crippen LogP contribution in [0.25, 0.3) is 16.1 Å². The van der Waals surface area contributed by atoms with E-state index in [9.17, 15) is 4.39 Å². The van der Waals surface area contributed by atoms with Crippen molar-refractivity contribution < 1.29 is 8.18 Å². The molecule has 20 heavy (non-hydrogen) atoms. The lowest BCUT2D eigenvalue weighted by Gasteiger charge is -2.08. The number of halogens is 1. The molecule has 0 N–H and O–H groups in total. The van der Waals surface area contributed by atoms with Gasteiger partial charge in [-0.1, -0.05) is 30.3 Å². The van der Waals surface area contributed by atoms with Crippen LogP contribution in [-0.4, -0.2) is 31.4 Å². The molecule has 0 unspecified atom stereocenters. The van der Waals surface area contributed by atoms with Crippen LogP contribution in [0.1, 0.15) is 4.88 Å². The summed E-state index contributed by atoms with van der Waals surface area (Å²) in [6.45, 7) is -0.580. The van der Waals surface area contributed by atoms with Gasteiger partial charge >= 0.3 is 16.6 Å². The second kappa shape index (κ2) is 5.75. The van der Waals surface area contributed by atoms with Crippen molar-refractivity contribution in [1.82, 2.24) is 14.8 Å². The molecule has 0 saturated heterocycles. The third kappa shape index (κ3) is 2.24. The minimum atomic E-state index is -0.580. The first-order valence-corrected chi connectivity index (χ1v) is 7.12. The Labute approximate surface area is 127 Å². The van der Waals surface area contributed by atoms with Crippen LogP contribution in [0.3, 0.4) is 0 Å². The van der Waals surface area contributed by atoms with Crippen LogP contribution in [0.5, 0.6) is 5.75 Å². The fraction of sp³-hybridized carbons (Fsp3) is 0.0769. The average Bonchev–Trinajstić information content (AvgIpc) is 3.14. The van der Waals surface area contributed by atoms with Gasteiger partial charge in [-0.05, 0) is 5.56 Å². The van der Waals surface area contributed by atoms with Gasteiger partial charge in [0.05, 0.1) is 9.75 Å². The van der Waals surface area contributed by atoms with E-state index in [0.29, 0.717) is 16.3 Å². The number of rotatable bonds is 4. The monoisotopic (exact) mass is 301 g/mol. The molecule has 0 saturated carbocycles. The third-order valence-corrected chi connectivity index (χ3v) is 4.24. The van der Waals surface area contributed by atoms with E-state index in [1.165, 1.54) is 17.7 Å². The van der Waals surface area contributed by atoms with Crippen LogP contribution >= 0.6 is 11.3 Å². The molecule has 2 heterocycles. The highest BCUT2D eigenvalue weighted by Crippen LogP contribution is 2.44. The lowest BCUT2D eigenvalue weighted by Crippen LogP contribution is -1.99. The number of benzene rings is 1. The van der Waals surface area contributed by atoms with Gasteiger partial charge in [-0.3, -0.25) is 0 Å². The van der Waals surface area contributed by atoms with E-state index >= 15 is 0 Å². The molecule has 0 aliphatic heterocycles. The number of hydrogen-bond donors (Lipinski definition) is 0. The number of hydrogen-bond acceptors (Lipinski definition) is 4. The Balaban J connectivity index is 2.26. The number of thiophene rings is 1. The second-order valence-corrected chi connectivity index (χ2v) is 5.33. The normalized spacial score (nSPS) is 10.7. The first-order valence-electron chi connectivity index (χ1n) is 5.84. The van der Waals surface area contributed by atoms with Crippen molar-refractivity contribution in [2.75, 3.05) is 0 Å². The summed E-state index contributed by atoms with van der Waals surface area (Å²) in [5.41, 5.74) is 1.70. The molecule has 98 valence electrons. The average molecular weight is 301 g/mol. The van der Waals surface area contributed by atoms with E-state index in [1.54, 1.807) is 11.0 Å². The Kier molecular flexibility index (Phi) is 3.83. The van der Waals surface area contributed by atoms with Gasteiger partial charge in [0.2, 0.25) is 0 Å². The van der Waals surface area contributed by atoms with Gasteiger partial charge in [-0.15, -0.1) is 11.3 Å². The van der Waals surface area contributed by atoms with Crippen LogP contribution in [0.15, 0.2) is 43.0 Å². The lowest BCUT2D eigenvalue weighted by molar-refractivity contribution is 0.478. The van der Waals surface area contributed by atoms with E-state index in [0.717, 1.165) is 10.4 Å². The summed E-state index contributed by atoms with van der Waals surface area (Å²) in [5.74, 6) is 0.479. The molecular formula is C13H9AlFN3OS. The summed E-state index contributed by atoms with van der Waals surface area (Å²) < 4.78 is 20.1. The summed E-state index contributed by atoms with van der Waals surface area (Å²) in [6, 6.07) is 9.77. The molecule has 0 amide bonds. The number of aromatic nitrogens is 3. The first kappa shape index (κ1) is 13.3. The Morgan fingerprint density at radius 2 is 2.10 bits per heavy atom. The van der Waals surface area contributed by atoms with Crippen molar-refractivity contribution in [3.8, 4) is 21.9 Å². The Morgan fingerprint density at radius 1 is 1.30 bits per heavy atom. The molecule has 2 aromatic heterocycles. The minimum absolute atomic E-state index is 0.479. The van der Waals surface area contributed by atoms with Gasteiger partial charge in [-0.2, -0.15) is 5.10 Å². The van der Waals surface area contributed by atoms with Crippen molar-refractivity contribution >= 4 is 28.0 Å². The van der Waals surface area contributed by atoms with E-state index in [-0.39, 0.29) is 0 Å². The zero-order valence-corrected chi connectivity index (χ0v) is 12.3. The van der Waals surface area contributed by atoms with Crippen molar-refractivity contribution in [2.24, 2.45) is 0 Å². The van der Waals surface area contributed by atoms with Crippen molar-refractivity contribution in [3.05, 3.63) is 47.9 Å². The van der Waals surface area contributed by atoms with Crippen LogP contribution in [0, 0.1) is 0 Å². The van der Waals surface area contributed by atoms with Gasteiger partial charge < -0.3 is 3.79 Å². The predicted octanol–water partition coefficient (Wildman–Crippen LogP) is 2.93. The summed E-state index contributed by atoms with van der Waals surface area (Å²) >= 11 is 3.53. The quantitative estimate of drug-likeness (QED) is 0.696. The zero-order chi connectivity index (χ0) is 13.9. The van der Waals surface area contributed by atoms with Gasteiger partial charge in [-0.25, -0.2) is 14.1 Å². The van der Waals surface area contributed by atoms with Crippen LogP contribution in [-0.2, 0) is 6.67 Å². The standard InChI is InChI=1S/C13H10FN3OS.Al/c14-6-10-12(18)11(17-8-15-7-16-17)13(19-10)9-4-2-1-3-5-9;/h1-5,7-8,18H,6H2;/q;+1/p-1. The molecule has 0 bridgehead atoms. The molecule has 1 aromatic carbocycles. The summed E-state index contributed by atoms with van der Waals surface area (Å²) in [6.07, 6.45) is 3.01. The van der Waals surface area contributed by atoms with E-state index < -0.39 is 6.67 Å². The van der Waals surface area contributed by atoms with Crippen molar-refractivity contribution in [2.45, 2.75) is 6.67 Å². The van der Waals surface area contributed by atoms with Crippen molar-refractivity contribution in [3.63, 3.8) is 0 Å². The Bertz CT molecular complexity index is 700. The van der Waals surface area contributed by atoms with Gasteiger partial charge in [0.25, 0.3) is 0 Å². The number of nitrogens with zero attached hydrogens (tertiary/aromatic N) is 3. The molecule has 0 fully saturated rings. The largest absolute Gasteiger partial charge is 0.651 e. The van der Waals surface area contributed by atoms with Gasteiger partial charge in [0, 0.05) is 0 Å². The maximum absolute atomic E-state index is 13.2. The maximum atomic E-state index is 13.2. The molecule has 7 heteroatoms. The fourth-order valence-electron chi connectivity index (χ4n) is 1.98. The lowest BCUT2D eigenvalue weighted by atomic mass is 10.1. The van der Waals surface area contributed by atoms with Crippen molar-refractivity contribution in [1.29, 1.82) is 0 Å². The highest BCUT2D eigenvalue weighted by atomic mass is 32.1. The topological polar surface area (TPSA) is 39.9 Å². The van der Waals surface area contributed by atoms with Gasteiger partial charge in [0.1, 0.15) is 30.8 Å². The van der Waals surface area contributed by atoms with Crippen LogP contribution in [0.2, 0.25) is 0 Å². The van der Waals surface area contributed by atoms with E-state index in [2.05, 4.69) is 26.7 Å².